The molecule has 0 fully saturated rings. The summed E-state index contributed by atoms with van der Waals surface area (Å²) in [6.07, 6.45) is 1.39. The predicted molar refractivity (Wildman–Crippen MR) is 113 cm³/mol. The predicted octanol–water partition coefficient (Wildman–Crippen LogP) is 4.02. The Hall–Kier alpha value is -2.93. The first kappa shape index (κ1) is 19.8. The number of benzene rings is 2. The maximum atomic E-state index is 12.4. The maximum Gasteiger partial charge on any atom is 0.254 e. The van der Waals surface area contributed by atoms with Crippen molar-refractivity contribution < 1.29 is 9.53 Å². The van der Waals surface area contributed by atoms with E-state index in [1.807, 2.05) is 56.3 Å². The van der Waals surface area contributed by atoms with Crippen molar-refractivity contribution >= 4 is 27.5 Å². The first-order valence-electron chi connectivity index (χ1n) is 8.82. The van der Waals surface area contributed by atoms with E-state index >= 15 is 0 Å². The van der Waals surface area contributed by atoms with Crippen LogP contribution in [0.2, 0.25) is 0 Å². The molecule has 6 nitrogen and oxygen atoms in total. The van der Waals surface area contributed by atoms with E-state index in [-0.39, 0.29) is 18.0 Å². The lowest BCUT2D eigenvalue weighted by molar-refractivity contribution is -0.116. The fraction of sp³-hybridized carbons (Fsp3) is 0.190. The van der Waals surface area contributed by atoms with Crippen molar-refractivity contribution in [3.05, 3.63) is 75.2 Å². The highest BCUT2D eigenvalue weighted by Crippen LogP contribution is 2.21. The number of ether oxygens (including phenoxy) is 1. The Labute approximate surface area is 171 Å². The molecule has 1 heterocycles. The largest absolute Gasteiger partial charge is 0.494 e. The first-order chi connectivity index (χ1) is 13.5. The van der Waals surface area contributed by atoms with Gasteiger partial charge in [0.2, 0.25) is 5.91 Å². The second-order valence-corrected chi connectivity index (χ2v) is 7.12. The van der Waals surface area contributed by atoms with Crippen LogP contribution >= 0.6 is 15.9 Å². The van der Waals surface area contributed by atoms with Crippen molar-refractivity contribution in [2.45, 2.75) is 20.4 Å². The van der Waals surface area contributed by atoms with Gasteiger partial charge in [0.15, 0.2) is 0 Å². The maximum absolute atomic E-state index is 12.4. The van der Waals surface area contributed by atoms with Crippen LogP contribution in [-0.2, 0) is 11.3 Å². The topological polar surface area (TPSA) is 73.2 Å². The number of aryl methyl sites for hydroxylation is 1. The van der Waals surface area contributed by atoms with Crippen LogP contribution in [0.5, 0.6) is 5.75 Å². The van der Waals surface area contributed by atoms with Gasteiger partial charge in [-0.1, -0.05) is 15.9 Å². The molecular weight excluding hydrogens is 422 g/mol. The molecule has 0 bridgehead atoms. The van der Waals surface area contributed by atoms with Crippen molar-refractivity contribution in [2.24, 2.45) is 0 Å². The number of hydrogen-bond acceptors (Lipinski definition) is 4. The van der Waals surface area contributed by atoms with Crippen LogP contribution in [0.4, 0.5) is 5.69 Å². The Morgan fingerprint density at radius 2 is 1.93 bits per heavy atom. The highest BCUT2D eigenvalue weighted by atomic mass is 79.9. The average molecular weight is 442 g/mol. The minimum absolute atomic E-state index is 0.106. The van der Waals surface area contributed by atoms with E-state index in [4.69, 9.17) is 4.74 Å². The Balaban J connectivity index is 1.71. The van der Waals surface area contributed by atoms with Gasteiger partial charge in [0.25, 0.3) is 5.56 Å². The Morgan fingerprint density at radius 1 is 1.18 bits per heavy atom. The van der Waals surface area contributed by atoms with Gasteiger partial charge in [0.1, 0.15) is 12.3 Å². The Bertz CT molecular complexity index is 1050. The summed E-state index contributed by atoms with van der Waals surface area (Å²) in [6, 6.07) is 14.4. The van der Waals surface area contributed by atoms with Gasteiger partial charge in [0.05, 0.1) is 18.6 Å². The SMILES string of the molecule is CCOc1ccc(-c2cc(=O)n(CC(=O)Nc3ccc(Br)cc3C)cn2)cc1. The normalized spacial score (nSPS) is 10.5. The monoisotopic (exact) mass is 441 g/mol. The Morgan fingerprint density at radius 3 is 2.57 bits per heavy atom. The molecule has 0 spiro atoms. The summed E-state index contributed by atoms with van der Waals surface area (Å²) < 4.78 is 7.63. The molecular formula is C21H20BrN3O3. The number of carbonyl (C=O) groups is 1. The van der Waals surface area contributed by atoms with Crippen LogP contribution < -0.4 is 15.6 Å². The van der Waals surface area contributed by atoms with Crippen LogP contribution in [0.1, 0.15) is 12.5 Å². The van der Waals surface area contributed by atoms with E-state index in [1.54, 1.807) is 0 Å². The summed E-state index contributed by atoms with van der Waals surface area (Å²) in [5.41, 5.74) is 2.71. The molecule has 28 heavy (non-hydrogen) atoms. The molecule has 0 unspecified atom stereocenters. The number of hydrogen-bond donors (Lipinski definition) is 1. The summed E-state index contributed by atoms with van der Waals surface area (Å²) in [7, 11) is 0. The van der Waals surface area contributed by atoms with Gasteiger partial charge in [-0.05, 0) is 61.9 Å². The van der Waals surface area contributed by atoms with E-state index < -0.39 is 0 Å². The van der Waals surface area contributed by atoms with Crippen molar-refractivity contribution in [1.82, 2.24) is 9.55 Å². The second kappa shape index (κ2) is 8.84. The number of nitrogens with one attached hydrogen (secondary N) is 1. The third-order valence-corrected chi connectivity index (χ3v) is 4.61. The molecule has 0 aliphatic rings. The zero-order chi connectivity index (χ0) is 20.1. The number of rotatable bonds is 6. The van der Waals surface area contributed by atoms with Crippen molar-refractivity contribution in [3.8, 4) is 17.0 Å². The van der Waals surface area contributed by atoms with E-state index in [9.17, 15) is 9.59 Å². The third-order valence-electron chi connectivity index (χ3n) is 4.12. The highest BCUT2D eigenvalue weighted by Gasteiger charge is 2.09. The molecule has 2 aromatic carbocycles. The van der Waals surface area contributed by atoms with Crippen LogP contribution in [-0.4, -0.2) is 22.1 Å². The highest BCUT2D eigenvalue weighted by molar-refractivity contribution is 9.10. The van der Waals surface area contributed by atoms with Gasteiger partial charge in [-0.25, -0.2) is 4.98 Å². The van der Waals surface area contributed by atoms with Gasteiger partial charge in [0, 0.05) is 21.8 Å². The molecule has 3 aromatic rings. The van der Waals surface area contributed by atoms with E-state index in [0.29, 0.717) is 18.0 Å². The molecule has 0 saturated carbocycles. The smallest absolute Gasteiger partial charge is 0.254 e. The average Bonchev–Trinajstić information content (AvgIpc) is 2.67. The molecule has 0 aliphatic heterocycles. The van der Waals surface area contributed by atoms with Gasteiger partial charge in [-0.3, -0.25) is 14.2 Å². The number of amides is 1. The quantitative estimate of drug-likeness (QED) is 0.626. The van der Waals surface area contributed by atoms with Crippen molar-refractivity contribution in [2.75, 3.05) is 11.9 Å². The number of anilines is 1. The van der Waals surface area contributed by atoms with Gasteiger partial charge >= 0.3 is 0 Å². The van der Waals surface area contributed by atoms with E-state index in [2.05, 4.69) is 26.2 Å². The summed E-state index contributed by atoms with van der Waals surface area (Å²) in [4.78, 5) is 29.0. The summed E-state index contributed by atoms with van der Waals surface area (Å²) in [5.74, 6) is 0.475. The first-order valence-corrected chi connectivity index (χ1v) is 9.61. The minimum Gasteiger partial charge on any atom is -0.494 e. The summed E-state index contributed by atoms with van der Waals surface area (Å²) >= 11 is 3.39. The lowest BCUT2D eigenvalue weighted by Gasteiger charge is -2.10. The number of aromatic nitrogens is 2. The molecule has 0 aliphatic carbocycles. The molecule has 7 heteroatoms. The molecule has 3 rings (SSSR count). The van der Waals surface area contributed by atoms with Gasteiger partial charge in [-0.15, -0.1) is 0 Å². The van der Waals surface area contributed by atoms with E-state index in [1.165, 1.54) is 17.0 Å². The molecule has 1 N–H and O–H groups in total. The summed E-state index contributed by atoms with van der Waals surface area (Å²) in [6.45, 7) is 4.31. The lowest BCUT2D eigenvalue weighted by Crippen LogP contribution is -2.27. The van der Waals surface area contributed by atoms with Crippen LogP contribution in [0.3, 0.4) is 0 Å². The number of carbonyl (C=O) groups excluding carboxylic acids is 1. The molecule has 0 atom stereocenters. The van der Waals surface area contributed by atoms with E-state index in [0.717, 1.165) is 21.3 Å². The van der Waals surface area contributed by atoms with Crippen molar-refractivity contribution in [3.63, 3.8) is 0 Å². The Kier molecular flexibility index (Phi) is 6.26. The fourth-order valence-electron chi connectivity index (χ4n) is 2.70. The summed E-state index contributed by atoms with van der Waals surface area (Å²) in [5, 5.41) is 2.82. The van der Waals surface area contributed by atoms with Gasteiger partial charge in [-0.2, -0.15) is 0 Å². The van der Waals surface area contributed by atoms with Crippen LogP contribution in [0.15, 0.2) is 64.1 Å². The van der Waals surface area contributed by atoms with Crippen molar-refractivity contribution in [1.29, 1.82) is 0 Å². The molecule has 1 aromatic heterocycles. The van der Waals surface area contributed by atoms with Crippen LogP contribution in [0.25, 0.3) is 11.3 Å². The van der Waals surface area contributed by atoms with Crippen LogP contribution in [0, 0.1) is 6.92 Å². The van der Waals surface area contributed by atoms with Gasteiger partial charge < -0.3 is 10.1 Å². The third kappa shape index (κ3) is 4.86. The molecule has 0 radical (unpaired) electrons. The second-order valence-electron chi connectivity index (χ2n) is 6.21. The molecule has 0 saturated heterocycles. The standard InChI is InChI=1S/C21H20BrN3O3/c1-3-28-17-7-4-15(5-8-17)19-11-21(27)25(13-23-19)12-20(26)24-18-9-6-16(22)10-14(18)2/h4-11,13H,3,12H2,1-2H3,(H,24,26). The molecule has 144 valence electrons. The zero-order valence-electron chi connectivity index (χ0n) is 15.6. The lowest BCUT2D eigenvalue weighted by atomic mass is 10.1. The number of nitrogens with zero attached hydrogens (tertiary/aromatic N) is 2. The zero-order valence-corrected chi connectivity index (χ0v) is 17.2. The minimum atomic E-state index is -0.290. The molecule has 1 amide bonds. The fourth-order valence-corrected chi connectivity index (χ4v) is 3.18. The number of halogens is 1.